The van der Waals surface area contributed by atoms with Crippen LogP contribution in [0.4, 0.5) is 10.5 Å². The summed E-state index contributed by atoms with van der Waals surface area (Å²) in [7, 11) is 1.97. The maximum atomic E-state index is 13.4. The molecule has 3 amide bonds. The fourth-order valence-electron chi connectivity index (χ4n) is 3.83. The molecule has 0 saturated heterocycles. The topological polar surface area (TPSA) is 57.6 Å². The SMILES string of the molecule is CCCN(CC(=O)N(Cc1ccccc1)Cc1cccn1C)C(=O)Nc1ccc(C)cc1C. The molecule has 3 rings (SSSR count). The lowest BCUT2D eigenvalue weighted by Crippen LogP contribution is -2.44. The van der Waals surface area contributed by atoms with Gasteiger partial charge in [0, 0.05) is 37.7 Å². The molecule has 6 nitrogen and oxygen atoms in total. The number of carbonyl (C=O) groups is 2. The van der Waals surface area contributed by atoms with Crippen LogP contribution in [0.25, 0.3) is 0 Å². The van der Waals surface area contributed by atoms with E-state index in [9.17, 15) is 9.59 Å². The summed E-state index contributed by atoms with van der Waals surface area (Å²) in [6.45, 7) is 7.51. The Morgan fingerprint density at radius 1 is 0.939 bits per heavy atom. The van der Waals surface area contributed by atoms with Crippen LogP contribution in [0.15, 0.2) is 66.9 Å². The van der Waals surface area contributed by atoms with Crippen molar-refractivity contribution < 1.29 is 9.59 Å². The molecule has 0 saturated carbocycles. The van der Waals surface area contributed by atoms with Crippen LogP contribution in [0.5, 0.6) is 0 Å². The lowest BCUT2D eigenvalue weighted by atomic mass is 10.1. The average molecular weight is 447 g/mol. The van der Waals surface area contributed by atoms with Gasteiger partial charge in [0.05, 0.1) is 6.54 Å². The number of aryl methyl sites for hydroxylation is 3. The van der Waals surface area contributed by atoms with Crippen molar-refractivity contribution in [2.75, 3.05) is 18.4 Å². The Labute approximate surface area is 196 Å². The number of hydrogen-bond acceptors (Lipinski definition) is 2. The number of rotatable bonds is 9. The second kappa shape index (κ2) is 11.4. The molecule has 0 atom stereocenters. The van der Waals surface area contributed by atoms with Crippen molar-refractivity contribution >= 4 is 17.6 Å². The minimum Gasteiger partial charge on any atom is -0.353 e. The highest BCUT2D eigenvalue weighted by Crippen LogP contribution is 2.17. The van der Waals surface area contributed by atoms with E-state index in [0.717, 1.165) is 34.5 Å². The molecule has 2 aromatic carbocycles. The minimum atomic E-state index is -0.254. The van der Waals surface area contributed by atoms with Crippen LogP contribution in [0.2, 0.25) is 0 Å². The summed E-state index contributed by atoms with van der Waals surface area (Å²) in [5, 5.41) is 2.98. The van der Waals surface area contributed by atoms with Gasteiger partial charge in [0.25, 0.3) is 0 Å². The third-order valence-electron chi connectivity index (χ3n) is 5.70. The average Bonchev–Trinajstić information content (AvgIpc) is 3.20. The number of nitrogens with zero attached hydrogens (tertiary/aromatic N) is 3. The van der Waals surface area contributed by atoms with Crippen molar-refractivity contribution in [2.24, 2.45) is 7.05 Å². The largest absolute Gasteiger partial charge is 0.353 e. The van der Waals surface area contributed by atoms with Crippen LogP contribution >= 0.6 is 0 Å². The molecule has 1 heterocycles. The Balaban J connectivity index is 1.76. The van der Waals surface area contributed by atoms with E-state index in [4.69, 9.17) is 0 Å². The zero-order valence-corrected chi connectivity index (χ0v) is 20.0. The Morgan fingerprint density at radius 2 is 1.70 bits per heavy atom. The van der Waals surface area contributed by atoms with Gasteiger partial charge in [-0.3, -0.25) is 4.79 Å². The molecular weight excluding hydrogens is 412 g/mol. The predicted molar refractivity (Wildman–Crippen MR) is 133 cm³/mol. The van der Waals surface area contributed by atoms with Gasteiger partial charge < -0.3 is 19.7 Å². The maximum Gasteiger partial charge on any atom is 0.322 e. The second-order valence-corrected chi connectivity index (χ2v) is 8.52. The van der Waals surface area contributed by atoms with Crippen molar-refractivity contribution in [3.8, 4) is 0 Å². The van der Waals surface area contributed by atoms with E-state index >= 15 is 0 Å². The van der Waals surface area contributed by atoms with Gasteiger partial charge in [-0.15, -0.1) is 0 Å². The molecule has 0 aliphatic rings. The summed E-state index contributed by atoms with van der Waals surface area (Å²) in [6, 6.07) is 19.6. The lowest BCUT2D eigenvalue weighted by Gasteiger charge is -2.28. The fraction of sp³-hybridized carbons (Fsp3) is 0.333. The molecule has 0 bridgehead atoms. The zero-order valence-electron chi connectivity index (χ0n) is 20.0. The number of urea groups is 1. The molecule has 1 N–H and O–H groups in total. The van der Waals surface area contributed by atoms with E-state index in [1.165, 1.54) is 0 Å². The van der Waals surface area contributed by atoms with Gasteiger partial charge in [0.15, 0.2) is 0 Å². The van der Waals surface area contributed by atoms with Gasteiger partial charge in [0.2, 0.25) is 5.91 Å². The molecule has 0 unspecified atom stereocenters. The van der Waals surface area contributed by atoms with E-state index in [1.54, 1.807) is 4.90 Å². The smallest absolute Gasteiger partial charge is 0.322 e. The van der Waals surface area contributed by atoms with Gasteiger partial charge in [-0.25, -0.2) is 4.79 Å². The number of aromatic nitrogens is 1. The van der Waals surface area contributed by atoms with Gasteiger partial charge in [-0.2, -0.15) is 0 Å². The molecule has 1 aromatic heterocycles. The first-order chi connectivity index (χ1) is 15.9. The van der Waals surface area contributed by atoms with Crippen LogP contribution in [0, 0.1) is 13.8 Å². The summed E-state index contributed by atoms with van der Waals surface area (Å²) in [5.41, 5.74) is 5.01. The van der Waals surface area contributed by atoms with Crippen molar-refractivity contribution in [3.63, 3.8) is 0 Å². The first kappa shape index (κ1) is 24.1. The fourth-order valence-corrected chi connectivity index (χ4v) is 3.83. The quantitative estimate of drug-likeness (QED) is 0.496. The van der Waals surface area contributed by atoms with Gasteiger partial charge >= 0.3 is 6.03 Å². The Morgan fingerprint density at radius 3 is 2.33 bits per heavy atom. The van der Waals surface area contributed by atoms with Gasteiger partial charge in [-0.05, 0) is 49.6 Å². The Bertz CT molecular complexity index is 1070. The number of carbonyl (C=O) groups excluding carboxylic acids is 2. The Kier molecular flexibility index (Phi) is 8.30. The van der Waals surface area contributed by atoms with Crippen molar-refractivity contribution in [3.05, 3.63) is 89.2 Å². The molecule has 0 radical (unpaired) electrons. The standard InChI is InChI=1S/C27H34N4O2/c1-5-15-30(27(33)28-25-14-13-21(2)17-22(25)3)20-26(32)31(18-23-10-7-6-8-11-23)19-24-12-9-16-29(24)4/h6-14,16-17H,5,15,18-20H2,1-4H3,(H,28,33). The van der Waals surface area contributed by atoms with Crippen molar-refractivity contribution in [1.29, 1.82) is 0 Å². The van der Waals surface area contributed by atoms with Crippen LogP contribution in [0.1, 0.15) is 35.7 Å². The highest BCUT2D eigenvalue weighted by atomic mass is 16.2. The van der Waals surface area contributed by atoms with E-state index in [-0.39, 0.29) is 18.5 Å². The first-order valence-electron chi connectivity index (χ1n) is 11.4. The van der Waals surface area contributed by atoms with E-state index in [2.05, 4.69) is 5.32 Å². The molecule has 0 fully saturated rings. The highest BCUT2D eigenvalue weighted by Gasteiger charge is 2.22. The summed E-state index contributed by atoms with van der Waals surface area (Å²) in [6.07, 6.45) is 2.74. The summed E-state index contributed by atoms with van der Waals surface area (Å²) >= 11 is 0. The molecule has 33 heavy (non-hydrogen) atoms. The van der Waals surface area contributed by atoms with Crippen LogP contribution in [0.3, 0.4) is 0 Å². The molecule has 0 spiro atoms. The van der Waals surface area contributed by atoms with Gasteiger partial charge in [0.1, 0.15) is 6.54 Å². The highest BCUT2D eigenvalue weighted by molar-refractivity contribution is 5.93. The number of amides is 3. The number of benzene rings is 2. The molecule has 3 aromatic rings. The maximum absolute atomic E-state index is 13.4. The van der Waals surface area contributed by atoms with Crippen LogP contribution in [-0.2, 0) is 24.9 Å². The van der Waals surface area contributed by atoms with Crippen LogP contribution in [-0.4, -0.2) is 39.4 Å². The number of hydrogen-bond donors (Lipinski definition) is 1. The summed E-state index contributed by atoms with van der Waals surface area (Å²) in [5.74, 6) is -0.0794. The third kappa shape index (κ3) is 6.72. The van der Waals surface area contributed by atoms with Gasteiger partial charge in [-0.1, -0.05) is 55.0 Å². The van der Waals surface area contributed by atoms with Crippen molar-refractivity contribution in [2.45, 2.75) is 40.3 Å². The second-order valence-electron chi connectivity index (χ2n) is 8.52. The predicted octanol–water partition coefficient (Wildman–Crippen LogP) is 5.11. The summed E-state index contributed by atoms with van der Waals surface area (Å²) < 4.78 is 2.02. The van der Waals surface area contributed by atoms with E-state index < -0.39 is 0 Å². The summed E-state index contributed by atoms with van der Waals surface area (Å²) in [4.78, 5) is 29.9. The molecule has 0 aliphatic carbocycles. The minimum absolute atomic E-state index is 0.0296. The van der Waals surface area contributed by atoms with Crippen LogP contribution < -0.4 is 5.32 Å². The molecular formula is C27H34N4O2. The normalized spacial score (nSPS) is 10.7. The number of nitrogens with one attached hydrogen (secondary N) is 1. The molecule has 174 valence electrons. The number of anilines is 1. The Hall–Kier alpha value is -3.54. The lowest BCUT2D eigenvalue weighted by molar-refractivity contribution is -0.133. The van der Waals surface area contributed by atoms with E-state index in [1.807, 2.05) is 104 Å². The monoisotopic (exact) mass is 446 g/mol. The third-order valence-corrected chi connectivity index (χ3v) is 5.70. The molecule has 0 aliphatic heterocycles. The first-order valence-corrected chi connectivity index (χ1v) is 11.4. The zero-order chi connectivity index (χ0) is 23.8. The van der Waals surface area contributed by atoms with E-state index in [0.29, 0.717) is 19.6 Å². The van der Waals surface area contributed by atoms with Crippen molar-refractivity contribution in [1.82, 2.24) is 14.4 Å². The molecule has 6 heteroatoms.